The van der Waals surface area contributed by atoms with Crippen molar-refractivity contribution in [1.29, 1.82) is 0 Å². The standard InChI is InChI=1S/C15H9Cl2N3O4S/c16-9-7-11(20-25(23,24)12-3-1-2-6-18-12)14-8(13(9)17)4-5-10(19-14)15(21)22/h1-7,20H,(H,21,22). The number of nitrogens with one attached hydrogen (secondary N) is 1. The summed E-state index contributed by atoms with van der Waals surface area (Å²) in [6, 6.07) is 8.36. The minimum absolute atomic E-state index is 0.00171. The van der Waals surface area contributed by atoms with E-state index < -0.39 is 16.0 Å². The fourth-order valence-electron chi connectivity index (χ4n) is 2.13. The monoisotopic (exact) mass is 397 g/mol. The summed E-state index contributed by atoms with van der Waals surface area (Å²) >= 11 is 12.2. The molecular weight excluding hydrogens is 389 g/mol. The number of nitrogens with zero attached hydrogens (tertiary/aromatic N) is 2. The summed E-state index contributed by atoms with van der Waals surface area (Å²) in [5.74, 6) is -1.26. The summed E-state index contributed by atoms with van der Waals surface area (Å²) in [7, 11) is -4.02. The van der Waals surface area contributed by atoms with Crippen LogP contribution in [0, 0.1) is 0 Å². The lowest BCUT2D eigenvalue weighted by Gasteiger charge is -2.12. The zero-order valence-corrected chi connectivity index (χ0v) is 14.6. The first-order valence-electron chi connectivity index (χ1n) is 6.75. The molecule has 128 valence electrons. The van der Waals surface area contributed by atoms with E-state index in [0.29, 0.717) is 5.39 Å². The van der Waals surface area contributed by atoms with Gasteiger partial charge in [0, 0.05) is 11.6 Å². The first-order valence-corrected chi connectivity index (χ1v) is 8.99. The van der Waals surface area contributed by atoms with Crippen molar-refractivity contribution in [1.82, 2.24) is 9.97 Å². The number of carbonyl (C=O) groups is 1. The zero-order valence-electron chi connectivity index (χ0n) is 12.3. The topological polar surface area (TPSA) is 109 Å². The summed E-state index contributed by atoms with van der Waals surface area (Å²) in [6.07, 6.45) is 1.34. The molecule has 2 aromatic heterocycles. The van der Waals surface area contributed by atoms with Crippen molar-refractivity contribution in [3.8, 4) is 0 Å². The van der Waals surface area contributed by atoms with E-state index in [4.69, 9.17) is 28.3 Å². The maximum Gasteiger partial charge on any atom is 0.354 e. The first-order chi connectivity index (χ1) is 11.8. The Labute approximate surface area is 152 Å². The molecule has 0 spiro atoms. The molecule has 1 aromatic carbocycles. The number of pyridine rings is 2. The predicted molar refractivity (Wildman–Crippen MR) is 93.8 cm³/mol. The van der Waals surface area contributed by atoms with Crippen LogP contribution in [0.1, 0.15) is 10.5 Å². The smallest absolute Gasteiger partial charge is 0.354 e. The van der Waals surface area contributed by atoms with Crippen LogP contribution in [0.5, 0.6) is 0 Å². The fraction of sp³-hybridized carbons (Fsp3) is 0. The SMILES string of the molecule is O=C(O)c1ccc2c(Cl)c(Cl)cc(NS(=O)(=O)c3ccccn3)c2n1. The number of anilines is 1. The highest BCUT2D eigenvalue weighted by Gasteiger charge is 2.20. The average molecular weight is 398 g/mol. The van der Waals surface area contributed by atoms with Crippen molar-refractivity contribution >= 4 is 55.8 Å². The van der Waals surface area contributed by atoms with E-state index in [2.05, 4.69) is 14.7 Å². The maximum absolute atomic E-state index is 12.5. The van der Waals surface area contributed by atoms with E-state index in [-0.39, 0.29) is 32.0 Å². The van der Waals surface area contributed by atoms with Gasteiger partial charge in [-0.2, -0.15) is 8.42 Å². The number of rotatable bonds is 4. The Morgan fingerprint density at radius 1 is 1.16 bits per heavy atom. The number of sulfonamides is 1. The van der Waals surface area contributed by atoms with Gasteiger partial charge in [0.15, 0.2) is 5.03 Å². The van der Waals surface area contributed by atoms with Gasteiger partial charge < -0.3 is 5.11 Å². The number of aromatic nitrogens is 2. The predicted octanol–water partition coefficient (Wildman–Crippen LogP) is 3.44. The second kappa shape index (κ2) is 6.47. The number of aromatic carboxylic acids is 1. The minimum atomic E-state index is -4.02. The third-order valence-corrected chi connectivity index (χ3v) is 5.33. The molecule has 25 heavy (non-hydrogen) atoms. The molecule has 0 saturated heterocycles. The van der Waals surface area contributed by atoms with Crippen molar-refractivity contribution < 1.29 is 18.3 Å². The van der Waals surface area contributed by atoms with Crippen LogP contribution in [0.15, 0.2) is 47.6 Å². The van der Waals surface area contributed by atoms with E-state index >= 15 is 0 Å². The third kappa shape index (κ3) is 3.37. The summed E-state index contributed by atoms with van der Waals surface area (Å²) in [4.78, 5) is 18.9. The molecule has 3 rings (SSSR count). The molecule has 2 heterocycles. The summed E-state index contributed by atoms with van der Waals surface area (Å²) in [5, 5.41) is 9.45. The molecule has 0 amide bonds. The molecule has 3 aromatic rings. The Bertz CT molecular complexity index is 1090. The Morgan fingerprint density at radius 2 is 1.92 bits per heavy atom. The minimum Gasteiger partial charge on any atom is -0.477 e. The molecule has 0 fully saturated rings. The highest BCUT2D eigenvalue weighted by molar-refractivity contribution is 7.92. The lowest BCUT2D eigenvalue weighted by atomic mass is 10.1. The lowest BCUT2D eigenvalue weighted by Crippen LogP contribution is -2.15. The molecule has 0 saturated carbocycles. The van der Waals surface area contributed by atoms with E-state index in [1.807, 2.05) is 0 Å². The van der Waals surface area contributed by atoms with Gasteiger partial charge in [0.2, 0.25) is 0 Å². The van der Waals surface area contributed by atoms with Gasteiger partial charge in [-0.15, -0.1) is 0 Å². The van der Waals surface area contributed by atoms with Crippen LogP contribution in [-0.4, -0.2) is 29.5 Å². The van der Waals surface area contributed by atoms with Crippen molar-refractivity contribution in [2.24, 2.45) is 0 Å². The molecular formula is C15H9Cl2N3O4S. The van der Waals surface area contributed by atoms with Crippen molar-refractivity contribution in [2.45, 2.75) is 5.03 Å². The van der Waals surface area contributed by atoms with Gasteiger partial charge in [0.05, 0.1) is 21.2 Å². The number of fused-ring (bicyclic) bond motifs is 1. The summed E-state index contributed by atoms with van der Waals surface area (Å²) in [5.41, 5.74) is -0.198. The van der Waals surface area contributed by atoms with Gasteiger partial charge in [-0.05, 0) is 30.3 Å². The van der Waals surface area contributed by atoms with E-state index in [0.717, 1.165) is 0 Å². The fourth-order valence-corrected chi connectivity index (χ4v) is 3.55. The highest BCUT2D eigenvalue weighted by Crippen LogP contribution is 2.36. The molecule has 0 bridgehead atoms. The summed E-state index contributed by atoms with van der Waals surface area (Å²) in [6.45, 7) is 0. The average Bonchev–Trinajstić information content (AvgIpc) is 2.59. The van der Waals surface area contributed by atoms with Crippen molar-refractivity contribution in [2.75, 3.05) is 4.72 Å². The van der Waals surface area contributed by atoms with Gasteiger partial charge in [0.1, 0.15) is 5.69 Å². The van der Waals surface area contributed by atoms with Gasteiger partial charge in [0.25, 0.3) is 10.0 Å². The Kier molecular flexibility index (Phi) is 4.51. The quantitative estimate of drug-likeness (QED) is 0.697. The lowest BCUT2D eigenvalue weighted by molar-refractivity contribution is 0.0691. The number of hydrogen-bond acceptors (Lipinski definition) is 5. The van der Waals surface area contributed by atoms with Crippen LogP contribution in [0.25, 0.3) is 10.9 Å². The molecule has 0 aliphatic heterocycles. The second-order valence-corrected chi connectivity index (χ2v) is 7.31. The van der Waals surface area contributed by atoms with Crippen LogP contribution in [0.2, 0.25) is 10.0 Å². The molecule has 10 heteroatoms. The second-order valence-electron chi connectivity index (χ2n) is 4.89. The largest absolute Gasteiger partial charge is 0.477 e. The van der Waals surface area contributed by atoms with Gasteiger partial charge >= 0.3 is 5.97 Å². The van der Waals surface area contributed by atoms with Crippen LogP contribution in [-0.2, 0) is 10.0 Å². The number of hydrogen-bond donors (Lipinski definition) is 2. The van der Waals surface area contributed by atoms with Crippen LogP contribution >= 0.6 is 23.2 Å². The molecule has 2 N–H and O–H groups in total. The number of benzene rings is 1. The maximum atomic E-state index is 12.5. The van der Waals surface area contributed by atoms with Crippen molar-refractivity contribution in [3.05, 3.63) is 58.3 Å². The Hall–Kier alpha value is -2.42. The number of halogens is 2. The number of carboxylic acid groups (broad SMARTS) is 1. The molecule has 7 nitrogen and oxygen atoms in total. The van der Waals surface area contributed by atoms with E-state index in [1.54, 1.807) is 6.07 Å². The van der Waals surface area contributed by atoms with E-state index in [1.165, 1.54) is 36.5 Å². The van der Waals surface area contributed by atoms with Crippen LogP contribution < -0.4 is 4.72 Å². The van der Waals surface area contributed by atoms with Gasteiger partial charge in [-0.25, -0.2) is 14.8 Å². The van der Waals surface area contributed by atoms with Crippen LogP contribution in [0.3, 0.4) is 0 Å². The Morgan fingerprint density at radius 3 is 2.56 bits per heavy atom. The zero-order chi connectivity index (χ0) is 18.2. The molecule has 0 unspecified atom stereocenters. The third-order valence-electron chi connectivity index (χ3n) is 3.24. The van der Waals surface area contributed by atoms with Gasteiger partial charge in [-0.3, -0.25) is 4.72 Å². The van der Waals surface area contributed by atoms with Gasteiger partial charge in [-0.1, -0.05) is 29.3 Å². The summed E-state index contributed by atoms with van der Waals surface area (Å²) < 4.78 is 27.3. The van der Waals surface area contributed by atoms with Crippen LogP contribution in [0.4, 0.5) is 5.69 Å². The molecule has 0 aliphatic carbocycles. The number of carboxylic acids is 1. The molecule has 0 atom stereocenters. The highest BCUT2D eigenvalue weighted by atomic mass is 35.5. The first kappa shape index (κ1) is 17.4. The Balaban J connectivity index is 2.20. The molecule has 0 radical (unpaired) electrons. The van der Waals surface area contributed by atoms with Crippen molar-refractivity contribution in [3.63, 3.8) is 0 Å². The van der Waals surface area contributed by atoms with E-state index in [9.17, 15) is 13.2 Å². The normalized spacial score (nSPS) is 11.4. The molecule has 0 aliphatic rings.